The van der Waals surface area contributed by atoms with E-state index >= 15 is 0 Å². The van der Waals surface area contributed by atoms with E-state index in [0.29, 0.717) is 11.1 Å². The van der Waals surface area contributed by atoms with Crippen LogP contribution in [-0.4, -0.2) is 68.5 Å². The first-order valence-corrected chi connectivity index (χ1v) is 13.6. The number of primary amides is 1. The van der Waals surface area contributed by atoms with E-state index in [1.807, 2.05) is 58.0 Å². The number of phenolic OH excluding ortho intramolecular Hbond substituents is 1. The minimum atomic E-state index is -2.67. The second-order valence-electron chi connectivity index (χ2n) is 12.8. The van der Waals surface area contributed by atoms with Crippen LogP contribution in [-0.2, 0) is 21.4 Å². The molecule has 0 radical (unpaired) electrons. The fraction of sp³-hybridized carbons (Fsp3) is 0.406. The van der Waals surface area contributed by atoms with Crippen LogP contribution in [0, 0.1) is 18.8 Å². The Morgan fingerprint density at radius 3 is 2.32 bits per heavy atom. The number of aliphatic hydroxyl groups excluding tert-OH is 2. The molecule has 4 unspecified atom stereocenters. The molecule has 2 aromatic rings. The summed E-state index contributed by atoms with van der Waals surface area (Å²) < 4.78 is 0. The number of rotatable bonds is 3. The minimum absolute atomic E-state index is 0.0229. The van der Waals surface area contributed by atoms with Crippen LogP contribution in [0.15, 0.2) is 53.0 Å². The van der Waals surface area contributed by atoms with E-state index in [0.717, 1.165) is 16.7 Å². The number of ketones is 2. The van der Waals surface area contributed by atoms with Gasteiger partial charge in [-0.2, -0.15) is 0 Å². The van der Waals surface area contributed by atoms with Gasteiger partial charge in [-0.05, 0) is 68.0 Å². The van der Waals surface area contributed by atoms with Crippen LogP contribution >= 0.6 is 0 Å². The molecule has 0 aromatic heterocycles. The summed E-state index contributed by atoms with van der Waals surface area (Å²) in [5.41, 5.74) is 5.06. The predicted octanol–water partition coefficient (Wildman–Crippen LogP) is 3.39. The van der Waals surface area contributed by atoms with Crippen LogP contribution < -0.4 is 5.73 Å². The van der Waals surface area contributed by atoms with E-state index in [-0.39, 0.29) is 29.7 Å². The number of fused-ring (bicyclic) bond motifs is 3. The second kappa shape index (κ2) is 9.29. The minimum Gasteiger partial charge on any atom is -0.510 e. The second-order valence-corrected chi connectivity index (χ2v) is 12.8. The Kier molecular flexibility index (Phi) is 6.47. The molecule has 3 aliphatic rings. The molecule has 2 aromatic carbocycles. The third kappa shape index (κ3) is 4.01. The first-order valence-electron chi connectivity index (χ1n) is 13.6. The first-order chi connectivity index (χ1) is 19.0. The van der Waals surface area contributed by atoms with Crippen LogP contribution in [0.4, 0.5) is 0 Å². The zero-order valence-electron chi connectivity index (χ0n) is 24.1. The largest absolute Gasteiger partial charge is 0.510 e. The van der Waals surface area contributed by atoms with E-state index in [1.54, 1.807) is 14.1 Å². The Bertz CT molecular complexity index is 1590. The zero-order valence-corrected chi connectivity index (χ0v) is 24.1. The van der Waals surface area contributed by atoms with Crippen LogP contribution in [0.3, 0.4) is 0 Å². The Hall–Kier alpha value is -3.95. The standard InChI is InChI=1S/C32H36N2O7/c1-14-8-7-9-15(10-14)17-13-20(31(2,3)4)25(35)22-18(17)11-16-12-19-24(34(5)6)27(37)23(30(33)40)29(39)32(19,41)28(38)21(16)26(22)36/h7-10,13,16,19,24,35,37-38,41H,11-12H2,1-6H3,(H2,33,40). The number of benzene rings is 2. The Morgan fingerprint density at radius 2 is 1.76 bits per heavy atom. The topological polar surface area (TPSA) is 161 Å². The Labute approximate surface area is 238 Å². The number of likely N-dealkylation sites (N-methyl/N-ethyl adjacent to an activating group) is 1. The summed E-state index contributed by atoms with van der Waals surface area (Å²) in [6.07, 6.45) is 0.274. The monoisotopic (exact) mass is 560 g/mol. The van der Waals surface area contributed by atoms with Crippen molar-refractivity contribution in [3.05, 3.63) is 75.3 Å². The molecule has 9 heteroatoms. The van der Waals surface area contributed by atoms with Crippen LogP contribution in [0.5, 0.6) is 5.75 Å². The number of allylic oxidation sites excluding steroid dienone is 1. The number of aryl methyl sites for hydroxylation is 1. The lowest BCUT2D eigenvalue weighted by Crippen LogP contribution is -2.63. The fourth-order valence-electron chi connectivity index (χ4n) is 6.96. The van der Waals surface area contributed by atoms with Crippen LogP contribution in [0.25, 0.3) is 11.1 Å². The van der Waals surface area contributed by atoms with Crippen molar-refractivity contribution in [1.82, 2.24) is 4.90 Å². The van der Waals surface area contributed by atoms with Crippen molar-refractivity contribution in [2.24, 2.45) is 17.6 Å². The summed E-state index contributed by atoms with van der Waals surface area (Å²) in [6.45, 7) is 7.72. The molecular weight excluding hydrogens is 524 g/mol. The number of carbonyl (C=O) groups excluding carboxylic acids is 3. The number of carbonyl (C=O) groups is 3. The van der Waals surface area contributed by atoms with Gasteiger partial charge < -0.3 is 26.2 Å². The number of nitrogens with zero attached hydrogens (tertiary/aromatic N) is 1. The first kappa shape index (κ1) is 28.6. The van der Waals surface area contributed by atoms with Gasteiger partial charge in [-0.1, -0.05) is 50.6 Å². The number of hydrogen-bond donors (Lipinski definition) is 5. The molecule has 41 heavy (non-hydrogen) atoms. The highest BCUT2D eigenvalue weighted by Crippen LogP contribution is 2.54. The van der Waals surface area contributed by atoms with Gasteiger partial charge in [0, 0.05) is 17.1 Å². The molecule has 1 amide bonds. The maximum absolute atomic E-state index is 14.3. The Balaban J connectivity index is 1.80. The van der Waals surface area contributed by atoms with Gasteiger partial charge in [0.05, 0.1) is 11.6 Å². The number of phenols is 1. The van der Waals surface area contributed by atoms with Crippen LogP contribution in [0.1, 0.15) is 54.2 Å². The molecule has 0 bridgehead atoms. The molecule has 3 aliphatic carbocycles. The van der Waals surface area contributed by atoms with Gasteiger partial charge in [0.25, 0.3) is 5.91 Å². The highest BCUT2D eigenvalue weighted by molar-refractivity contribution is 6.25. The van der Waals surface area contributed by atoms with Crippen molar-refractivity contribution in [1.29, 1.82) is 0 Å². The fourth-order valence-corrected chi connectivity index (χ4v) is 6.96. The van der Waals surface area contributed by atoms with E-state index in [1.165, 1.54) is 4.90 Å². The van der Waals surface area contributed by atoms with Gasteiger partial charge in [-0.15, -0.1) is 0 Å². The number of Topliss-reactive ketones (excluding diaryl/α,β-unsaturated/α-hetero) is 2. The molecular formula is C32H36N2O7. The molecule has 4 atom stereocenters. The van der Waals surface area contributed by atoms with Gasteiger partial charge >= 0.3 is 0 Å². The maximum atomic E-state index is 14.3. The summed E-state index contributed by atoms with van der Waals surface area (Å²) in [5.74, 6) is -6.56. The van der Waals surface area contributed by atoms with Crippen molar-refractivity contribution in [3.63, 3.8) is 0 Å². The van der Waals surface area contributed by atoms with Crippen molar-refractivity contribution in [3.8, 4) is 16.9 Å². The van der Waals surface area contributed by atoms with Gasteiger partial charge in [0.2, 0.25) is 5.78 Å². The molecule has 5 rings (SSSR count). The lowest BCUT2D eigenvalue weighted by atomic mass is 9.58. The molecule has 9 nitrogen and oxygen atoms in total. The van der Waals surface area contributed by atoms with Crippen molar-refractivity contribution in [2.45, 2.75) is 57.6 Å². The SMILES string of the molecule is Cc1cccc(-c2cc(C(C)(C)C)c(O)c3c2CC2CC4C(N(C)C)C(O)=C(C(N)=O)C(=O)C4(O)C(O)=C2C3=O)c1. The van der Waals surface area contributed by atoms with Gasteiger partial charge in [0.15, 0.2) is 11.4 Å². The van der Waals surface area contributed by atoms with Gasteiger partial charge in [-0.25, -0.2) is 0 Å². The number of aliphatic hydroxyl groups is 3. The Morgan fingerprint density at radius 1 is 1.10 bits per heavy atom. The zero-order chi connectivity index (χ0) is 30.3. The van der Waals surface area contributed by atoms with E-state index < -0.39 is 63.5 Å². The molecule has 0 heterocycles. The van der Waals surface area contributed by atoms with E-state index in [4.69, 9.17) is 5.73 Å². The number of aromatic hydroxyl groups is 1. The molecule has 6 N–H and O–H groups in total. The molecule has 216 valence electrons. The number of amides is 1. The quantitative estimate of drug-likeness (QED) is 0.357. The lowest BCUT2D eigenvalue weighted by Gasteiger charge is -2.50. The number of hydrogen-bond acceptors (Lipinski definition) is 8. The van der Waals surface area contributed by atoms with Crippen LogP contribution in [0.2, 0.25) is 0 Å². The third-order valence-electron chi connectivity index (χ3n) is 8.86. The van der Waals surface area contributed by atoms with E-state index in [9.17, 15) is 34.8 Å². The molecule has 0 saturated carbocycles. The van der Waals surface area contributed by atoms with Crippen molar-refractivity contribution >= 4 is 17.5 Å². The summed E-state index contributed by atoms with van der Waals surface area (Å²) in [7, 11) is 3.21. The smallest absolute Gasteiger partial charge is 0.255 e. The lowest BCUT2D eigenvalue weighted by molar-refractivity contribution is -0.148. The highest BCUT2D eigenvalue weighted by atomic mass is 16.3. The normalized spacial score (nSPS) is 26.2. The molecule has 0 saturated heterocycles. The van der Waals surface area contributed by atoms with Gasteiger partial charge in [0.1, 0.15) is 22.8 Å². The van der Waals surface area contributed by atoms with Gasteiger partial charge in [-0.3, -0.25) is 19.3 Å². The summed E-state index contributed by atoms with van der Waals surface area (Å²) in [6, 6.07) is 8.70. The van der Waals surface area contributed by atoms with Crippen molar-refractivity contribution in [2.75, 3.05) is 14.1 Å². The molecule has 0 aliphatic heterocycles. The summed E-state index contributed by atoms with van der Waals surface area (Å²) in [5, 5.41) is 45.9. The molecule has 0 fully saturated rings. The van der Waals surface area contributed by atoms with Crippen molar-refractivity contribution < 1.29 is 34.8 Å². The summed E-state index contributed by atoms with van der Waals surface area (Å²) >= 11 is 0. The average molecular weight is 561 g/mol. The summed E-state index contributed by atoms with van der Waals surface area (Å²) in [4.78, 5) is 41.5. The predicted molar refractivity (Wildman–Crippen MR) is 153 cm³/mol. The van der Waals surface area contributed by atoms with E-state index in [2.05, 4.69) is 0 Å². The highest BCUT2D eigenvalue weighted by Gasteiger charge is 2.63. The molecule has 0 spiro atoms. The number of nitrogens with two attached hydrogens (primary N) is 1. The third-order valence-corrected chi connectivity index (χ3v) is 8.86. The maximum Gasteiger partial charge on any atom is 0.255 e. The average Bonchev–Trinajstić information content (AvgIpc) is 2.85.